The van der Waals surface area contributed by atoms with E-state index in [0.29, 0.717) is 12.3 Å². The van der Waals surface area contributed by atoms with Crippen molar-refractivity contribution in [1.82, 2.24) is 5.32 Å². The largest absolute Gasteiger partial charge is 0.496 e. The third-order valence-electron chi connectivity index (χ3n) is 3.73. The Morgan fingerprint density at radius 3 is 2.78 bits per heavy atom. The van der Waals surface area contributed by atoms with E-state index >= 15 is 0 Å². The summed E-state index contributed by atoms with van der Waals surface area (Å²) in [5.74, 6) is 0.843. The predicted molar refractivity (Wildman–Crippen MR) is 92.8 cm³/mol. The first-order valence-corrected chi connectivity index (χ1v) is 7.98. The molecule has 1 N–H and O–H groups in total. The number of furan rings is 1. The van der Waals surface area contributed by atoms with Gasteiger partial charge in [0.2, 0.25) is 0 Å². The number of fused-ring (bicyclic) bond motifs is 1. The number of methoxy groups -OCH3 is 1. The summed E-state index contributed by atoms with van der Waals surface area (Å²) in [7, 11) is 1.61. The van der Waals surface area contributed by atoms with Gasteiger partial charge in [-0.1, -0.05) is 34.1 Å². The first-order valence-electron chi connectivity index (χ1n) is 7.19. The van der Waals surface area contributed by atoms with Crippen LogP contribution in [-0.2, 0) is 6.54 Å². The minimum Gasteiger partial charge on any atom is -0.496 e. The van der Waals surface area contributed by atoms with Crippen LogP contribution < -0.4 is 10.1 Å². The summed E-state index contributed by atoms with van der Waals surface area (Å²) in [5.41, 5.74) is 2.46. The van der Waals surface area contributed by atoms with Gasteiger partial charge in [0, 0.05) is 27.5 Å². The Kier molecular flexibility index (Phi) is 4.39. The topological polar surface area (TPSA) is 51.5 Å². The second kappa shape index (κ2) is 6.46. The Bertz CT molecular complexity index is 870. The molecule has 0 radical (unpaired) electrons. The van der Waals surface area contributed by atoms with E-state index in [1.807, 2.05) is 49.4 Å². The number of amides is 1. The van der Waals surface area contributed by atoms with Gasteiger partial charge in [-0.3, -0.25) is 4.79 Å². The fraction of sp³-hybridized carbons (Fsp3) is 0.167. The molecule has 3 rings (SSSR count). The standard InChI is InChI=1S/C18H16BrNO3/c1-11-14-5-3-4-6-16(14)23-17(11)18(21)20-10-12-9-13(19)7-8-15(12)22-2/h3-9H,10H2,1-2H3,(H,20,21). The van der Waals surface area contributed by atoms with Gasteiger partial charge in [0.25, 0.3) is 5.91 Å². The van der Waals surface area contributed by atoms with Crippen molar-refractivity contribution in [3.63, 3.8) is 0 Å². The van der Waals surface area contributed by atoms with Gasteiger partial charge in [0.15, 0.2) is 5.76 Å². The molecule has 0 aliphatic carbocycles. The maximum absolute atomic E-state index is 12.4. The number of carbonyl (C=O) groups excluding carboxylic acids is 1. The second-order valence-electron chi connectivity index (χ2n) is 5.19. The predicted octanol–water partition coefficient (Wildman–Crippen LogP) is 4.44. The van der Waals surface area contributed by atoms with E-state index in [0.717, 1.165) is 32.3 Å². The summed E-state index contributed by atoms with van der Waals surface area (Å²) in [5, 5.41) is 3.84. The van der Waals surface area contributed by atoms with Crippen LogP contribution in [0, 0.1) is 6.92 Å². The smallest absolute Gasteiger partial charge is 0.287 e. The minimum absolute atomic E-state index is 0.235. The summed E-state index contributed by atoms with van der Waals surface area (Å²) in [6.07, 6.45) is 0. The summed E-state index contributed by atoms with van der Waals surface area (Å²) < 4.78 is 11.9. The van der Waals surface area contributed by atoms with Crippen molar-refractivity contribution in [2.24, 2.45) is 0 Å². The van der Waals surface area contributed by atoms with Crippen molar-refractivity contribution in [1.29, 1.82) is 0 Å². The number of aryl methyl sites for hydroxylation is 1. The Morgan fingerprint density at radius 2 is 2.04 bits per heavy atom. The molecular weight excluding hydrogens is 358 g/mol. The number of carbonyl (C=O) groups is 1. The molecule has 0 atom stereocenters. The molecule has 1 aromatic heterocycles. The molecule has 0 aliphatic rings. The Balaban J connectivity index is 1.82. The van der Waals surface area contributed by atoms with E-state index in [1.54, 1.807) is 7.11 Å². The molecular formula is C18H16BrNO3. The molecule has 0 aliphatic heterocycles. The lowest BCUT2D eigenvalue weighted by Gasteiger charge is -2.10. The molecule has 1 heterocycles. The molecule has 0 bridgehead atoms. The van der Waals surface area contributed by atoms with Gasteiger partial charge >= 0.3 is 0 Å². The molecule has 1 amide bonds. The highest BCUT2D eigenvalue weighted by atomic mass is 79.9. The van der Waals surface area contributed by atoms with Crippen LogP contribution in [0.25, 0.3) is 11.0 Å². The maximum Gasteiger partial charge on any atom is 0.287 e. The zero-order chi connectivity index (χ0) is 16.4. The zero-order valence-electron chi connectivity index (χ0n) is 12.9. The molecule has 0 unspecified atom stereocenters. The van der Waals surface area contributed by atoms with E-state index in [9.17, 15) is 4.79 Å². The number of ether oxygens (including phenoxy) is 1. The lowest BCUT2D eigenvalue weighted by atomic mass is 10.1. The quantitative estimate of drug-likeness (QED) is 0.735. The zero-order valence-corrected chi connectivity index (χ0v) is 14.4. The lowest BCUT2D eigenvalue weighted by molar-refractivity contribution is 0.0924. The third kappa shape index (κ3) is 3.10. The van der Waals surface area contributed by atoms with Crippen molar-refractivity contribution in [3.05, 3.63) is 63.8 Å². The van der Waals surface area contributed by atoms with Crippen molar-refractivity contribution >= 4 is 32.8 Å². The number of halogens is 1. The van der Waals surface area contributed by atoms with E-state index in [4.69, 9.17) is 9.15 Å². The summed E-state index contributed by atoms with van der Waals surface area (Å²) in [6, 6.07) is 13.3. The van der Waals surface area contributed by atoms with Crippen molar-refractivity contribution in [2.45, 2.75) is 13.5 Å². The van der Waals surface area contributed by atoms with E-state index in [1.165, 1.54) is 0 Å². The van der Waals surface area contributed by atoms with Gasteiger partial charge < -0.3 is 14.5 Å². The fourth-order valence-corrected chi connectivity index (χ4v) is 2.94. The van der Waals surface area contributed by atoms with Crippen LogP contribution in [0.3, 0.4) is 0 Å². The Morgan fingerprint density at radius 1 is 1.26 bits per heavy atom. The minimum atomic E-state index is -0.235. The molecule has 4 nitrogen and oxygen atoms in total. The summed E-state index contributed by atoms with van der Waals surface area (Å²) in [4.78, 5) is 12.4. The highest BCUT2D eigenvalue weighted by Gasteiger charge is 2.17. The normalized spacial score (nSPS) is 10.7. The van der Waals surface area contributed by atoms with Gasteiger partial charge in [-0.05, 0) is 31.2 Å². The fourth-order valence-electron chi connectivity index (χ4n) is 2.53. The number of benzene rings is 2. The molecule has 2 aromatic carbocycles. The van der Waals surface area contributed by atoms with Crippen LogP contribution in [0.15, 0.2) is 51.4 Å². The molecule has 0 saturated carbocycles. The SMILES string of the molecule is COc1ccc(Br)cc1CNC(=O)c1oc2ccccc2c1C. The highest BCUT2D eigenvalue weighted by molar-refractivity contribution is 9.10. The van der Waals surface area contributed by atoms with Crippen LogP contribution >= 0.6 is 15.9 Å². The lowest BCUT2D eigenvalue weighted by Crippen LogP contribution is -2.23. The van der Waals surface area contributed by atoms with E-state index in [-0.39, 0.29) is 5.91 Å². The molecule has 23 heavy (non-hydrogen) atoms. The van der Waals surface area contributed by atoms with Crippen LogP contribution in [0.1, 0.15) is 21.7 Å². The van der Waals surface area contributed by atoms with Crippen LogP contribution in [-0.4, -0.2) is 13.0 Å². The summed E-state index contributed by atoms with van der Waals surface area (Å²) >= 11 is 3.43. The number of para-hydroxylation sites is 1. The van der Waals surface area contributed by atoms with Crippen LogP contribution in [0.2, 0.25) is 0 Å². The number of hydrogen-bond donors (Lipinski definition) is 1. The van der Waals surface area contributed by atoms with Gasteiger partial charge in [-0.25, -0.2) is 0 Å². The maximum atomic E-state index is 12.4. The van der Waals surface area contributed by atoms with Gasteiger partial charge in [-0.15, -0.1) is 0 Å². The monoisotopic (exact) mass is 373 g/mol. The van der Waals surface area contributed by atoms with Crippen LogP contribution in [0.5, 0.6) is 5.75 Å². The Hall–Kier alpha value is -2.27. The highest BCUT2D eigenvalue weighted by Crippen LogP contribution is 2.26. The average molecular weight is 374 g/mol. The van der Waals surface area contributed by atoms with Gasteiger partial charge in [0.05, 0.1) is 7.11 Å². The third-order valence-corrected chi connectivity index (χ3v) is 4.23. The summed E-state index contributed by atoms with van der Waals surface area (Å²) in [6.45, 7) is 2.25. The number of hydrogen-bond acceptors (Lipinski definition) is 3. The van der Waals surface area contributed by atoms with Gasteiger partial charge in [-0.2, -0.15) is 0 Å². The molecule has 118 valence electrons. The first kappa shape index (κ1) is 15.6. The van der Waals surface area contributed by atoms with Gasteiger partial charge in [0.1, 0.15) is 11.3 Å². The van der Waals surface area contributed by atoms with Crippen molar-refractivity contribution < 1.29 is 13.9 Å². The number of rotatable bonds is 4. The second-order valence-corrected chi connectivity index (χ2v) is 6.11. The van der Waals surface area contributed by atoms with Crippen molar-refractivity contribution in [2.75, 3.05) is 7.11 Å². The molecule has 0 spiro atoms. The molecule has 0 fully saturated rings. The Labute approximate surface area is 142 Å². The average Bonchev–Trinajstić information content (AvgIpc) is 2.90. The number of nitrogens with one attached hydrogen (secondary N) is 1. The van der Waals surface area contributed by atoms with E-state index in [2.05, 4.69) is 21.2 Å². The molecule has 3 aromatic rings. The van der Waals surface area contributed by atoms with Crippen LogP contribution in [0.4, 0.5) is 0 Å². The first-order chi connectivity index (χ1) is 11.1. The van der Waals surface area contributed by atoms with Crippen molar-refractivity contribution in [3.8, 4) is 5.75 Å². The molecule has 5 heteroatoms. The van der Waals surface area contributed by atoms with E-state index < -0.39 is 0 Å². The molecule has 0 saturated heterocycles.